The molecule has 0 amide bonds. The van der Waals surface area contributed by atoms with Gasteiger partial charge in [0.25, 0.3) is 0 Å². The monoisotopic (exact) mass is 214 g/mol. The number of carboxylic acids is 1. The number of carbonyl (C=O) groups is 1. The summed E-state index contributed by atoms with van der Waals surface area (Å²) in [7, 11) is 0. The van der Waals surface area contributed by atoms with E-state index in [4.69, 9.17) is 5.11 Å². The first-order valence-electron chi connectivity index (χ1n) is 6.34. The first-order valence-corrected chi connectivity index (χ1v) is 6.34. The molecular weight excluding hydrogens is 188 g/mol. The summed E-state index contributed by atoms with van der Waals surface area (Å²) in [6, 6.07) is 0. The first kappa shape index (κ1) is 14.5. The third-order valence-electron chi connectivity index (χ3n) is 2.67. The number of aliphatic carboxylic acids is 1. The zero-order valence-corrected chi connectivity index (χ0v) is 10.3. The standard InChI is InChI=1S/C13H26O2/c1-12(2)10-8-6-4-3-5-7-9-11-13(14)15/h12H,3-11H2,1-2H3,(H,14,15). The van der Waals surface area contributed by atoms with Crippen LogP contribution in [0, 0.1) is 5.92 Å². The minimum Gasteiger partial charge on any atom is -0.481 e. The van der Waals surface area contributed by atoms with Gasteiger partial charge in [0.15, 0.2) is 0 Å². The van der Waals surface area contributed by atoms with Crippen LogP contribution in [0.15, 0.2) is 0 Å². The Balaban J connectivity index is 2.96. The van der Waals surface area contributed by atoms with Crippen LogP contribution in [0.4, 0.5) is 0 Å². The quantitative estimate of drug-likeness (QED) is 0.552. The maximum atomic E-state index is 10.2. The van der Waals surface area contributed by atoms with Gasteiger partial charge in [-0.25, -0.2) is 0 Å². The molecule has 2 nitrogen and oxygen atoms in total. The second kappa shape index (κ2) is 10.0. The van der Waals surface area contributed by atoms with E-state index in [0.29, 0.717) is 6.42 Å². The summed E-state index contributed by atoms with van der Waals surface area (Å²) in [6.45, 7) is 4.54. The van der Waals surface area contributed by atoms with Gasteiger partial charge >= 0.3 is 5.97 Å². The van der Waals surface area contributed by atoms with Crippen molar-refractivity contribution in [1.29, 1.82) is 0 Å². The van der Waals surface area contributed by atoms with E-state index in [-0.39, 0.29) is 0 Å². The maximum absolute atomic E-state index is 10.2. The van der Waals surface area contributed by atoms with Crippen LogP contribution in [0.3, 0.4) is 0 Å². The molecule has 0 spiro atoms. The Labute approximate surface area is 94.1 Å². The van der Waals surface area contributed by atoms with Crippen LogP contribution in [-0.2, 0) is 4.79 Å². The number of rotatable bonds is 10. The molecule has 90 valence electrons. The Morgan fingerprint density at radius 2 is 1.40 bits per heavy atom. The molecule has 0 fully saturated rings. The van der Waals surface area contributed by atoms with Gasteiger partial charge in [-0.2, -0.15) is 0 Å². The number of hydrogen-bond acceptors (Lipinski definition) is 1. The van der Waals surface area contributed by atoms with Crippen LogP contribution in [0.25, 0.3) is 0 Å². The summed E-state index contributed by atoms with van der Waals surface area (Å²) in [5.74, 6) is 0.174. The van der Waals surface area contributed by atoms with E-state index >= 15 is 0 Å². The van der Waals surface area contributed by atoms with Crippen LogP contribution in [0.2, 0.25) is 0 Å². The Morgan fingerprint density at radius 3 is 1.87 bits per heavy atom. The van der Waals surface area contributed by atoms with E-state index in [1.54, 1.807) is 0 Å². The van der Waals surface area contributed by atoms with E-state index in [1.165, 1.54) is 38.5 Å². The van der Waals surface area contributed by atoms with E-state index in [9.17, 15) is 4.79 Å². The van der Waals surface area contributed by atoms with Crippen LogP contribution in [-0.4, -0.2) is 11.1 Å². The number of hydrogen-bond donors (Lipinski definition) is 1. The lowest BCUT2D eigenvalue weighted by molar-refractivity contribution is -0.137. The van der Waals surface area contributed by atoms with Gasteiger partial charge in [-0.3, -0.25) is 4.79 Å². The van der Waals surface area contributed by atoms with Crippen LogP contribution in [0.5, 0.6) is 0 Å². The van der Waals surface area contributed by atoms with Gasteiger partial charge in [0.05, 0.1) is 0 Å². The summed E-state index contributed by atoms with van der Waals surface area (Å²) in [6.07, 6.45) is 10.1. The number of carboxylic acid groups (broad SMARTS) is 1. The molecule has 0 aromatic carbocycles. The Bertz CT molecular complexity index is 153. The Hall–Kier alpha value is -0.530. The molecule has 0 saturated carbocycles. The molecular formula is C13H26O2. The van der Waals surface area contributed by atoms with Crippen LogP contribution >= 0.6 is 0 Å². The van der Waals surface area contributed by atoms with Gasteiger partial charge in [0.1, 0.15) is 0 Å². The molecule has 0 heterocycles. The van der Waals surface area contributed by atoms with Gasteiger partial charge in [0.2, 0.25) is 0 Å². The topological polar surface area (TPSA) is 37.3 Å². The highest BCUT2D eigenvalue weighted by Crippen LogP contribution is 2.12. The van der Waals surface area contributed by atoms with Crippen molar-refractivity contribution >= 4 is 5.97 Å². The molecule has 2 heteroatoms. The predicted octanol–water partition coefficient (Wildman–Crippen LogP) is 4.24. The van der Waals surface area contributed by atoms with Crippen molar-refractivity contribution < 1.29 is 9.90 Å². The molecule has 0 aliphatic carbocycles. The fraction of sp³-hybridized carbons (Fsp3) is 0.923. The lowest BCUT2D eigenvalue weighted by Gasteiger charge is -2.04. The molecule has 0 atom stereocenters. The van der Waals surface area contributed by atoms with E-state index in [2.05, 4.69) is 13.8 Å². The smallest absolute Gasteiger partial charge is 0.303 e. The Kier molecular flexibility index (Phi) is 9.65. The third kappa shape index (κ3) is 13.5. The van der Waals surface area contributed by atoms with E-state index < -0.39 is 5.97 Å². The molecule has 0 aromatic heterocycles. The van der Waals surface area contributed by atoms with Crippen molar-refractivity contribution in [1.82, 2.24) is 0 Å². The molecule has 0 bridgehead atoms. The molecule has 0 unspecified atom stereocenters. The molecule has 0 radical (unpaired) electrons. The highest BCUT2D eigenvalue weighted by atomic mass is 16.4. The van der Waals surface area contributed by atoms with Crippen LogP contribution in [0.1, 0.15) is 71.6 Å². The Morgan fingerprint density at radius 1 is 0.933 bits per heavy atom. The summed E-state index contributed by atoms with van der Waals surface area (Å²) in [5.41, 5.74) is 0. The summed E-state index contributed by atoms with van der Waals surface area (Å²) < 4.78 is 0. The van der Waals surface area contributed by atoms with Gasteiger partial charge in [-0.05, 0) is 12.3 Å². The summed E-state index contributed by atoms with van der Waals surface area (Å²) in [4.78, 5) is 10.2. The average molecular weight is 214 g/mol. The molecule has 1 N–H and O–H groups in total. The van der Waals surface area contributed by atoms with Crippen molar-refractivity contribution in [3.8, 4) is 0 Å². The minimum absolute atomic E-state index is 0.341. The highest BCUT2D eigenvalue weighted by molar-refractivity contribution is 5.66. The predicted molar refractivity (Wildman–Crippen MR) is 64.0 cm³/mol. The lowest BCUT2D eigenvalue weighted by Crippen LogP contribution is -1.93. The van der Waals surface area contributed by atoms with Crippen molar-refractivity contribution in [3.63, 3.8) is 0 Å². The second-order valence-corrected chi connectivity index (χ2v) is 4.80. The molecule has 0 aliphatic heterocycles. The normalized spacial score (nSPS) is 10.9. The van der Waals surface area contributed by atoms with Crippen molar-refractivity contribution in [2.24, 2.45) is 5.92 Å². The van der Waals surface area contributed by atoms with Crippen molar-refractivity contribution in [2.45, 2.75) is 71.6 Å². The molecule has 0 saturated heterocycles. The van der Waals surface area contributed by atoms with E-state index in [0.717, 1.165) is 18.8 Å². The molecule has 15 heavy (non-hydrogen) atoms. The molecule has 0 aromatic rings. The number of unbranched alkanes of at least 4 members (excludes halogenated alkanes) is 6. The summed E-state index contributed by atoms with van der Waals surface area (Å²) in [5, 5.41) is 8.44. The van der Waals surface area contributed by atoms with Crippen molar-refractivity contribution in [2.75, 3.05) is 0 Å². The van der Waals surface area contributed by atoms with Gasteiger partial charge in [0, 0.05) is 6.42 Å². The fourth-order valence-electron chi connectivity index (χ4n) is 1.71. The van der Waals surface area contributed by atoms with Gasteiger partial charge in [-0.1, -0.05) is 58.8 Å². The maximum Gasteiger partial charge on any atom is 0.303 e. The minimum atomic E-state index is -0.660. The SMILES string of the molecule is CC(C)CCCCCCCCCC(=O)O. The van der Waals surface area contributed by atoms with Crippen molar-refractivity contribution in [3.05, 3.63) is 0 Å². The van der Waals surface area contributed by atoms with E-state index in [1.807, 2.05) is 0 Å². The average Bonchev–Trinajstić information content (AvgIpc) is 2.14. The lowest BCUT2D eigenvalue weighted by atomic mass is 10.0. The fourth-order valence-corrected chi connectivity index (χ4v) is 1.71. The van der Waals surface area contributed by atoms with Crippen LogP contribution < -0.4 is 0 Å². The zero-order chi connectivity index (χ0) is 11.5. The van der Waals surface area contributed by atoms with Gasteiger partial charge in [-0.15, -0.1) is 0 Å². The first-order chi connectivity index (χ1) is 7.13. The second-order valence-electron chi connectivity index (χ2n) is 4.80. The largest absolute Gasteiger partial charge is 0.481 e. The molecule has 0 aliphatic rings. The molecule has 0 rings (SSSR count). The third-order valence-corrected chi connectivity index (χ3v) is 2.67. The zero-order valence-electron chi connectivity index (χ0n) is 10.3. The van der Waals surface area contributed by atoms with Gasteiger partial charge < -0.3 is 5.11 Å². The highest BCUT2D eigenvalue weighted by Gasteiger charge is 1.97. The summed E-state index contributed by atoms with van der Waals surface area (Å²) >= 11 is 0.